The maximum absolute atomic E-state index is 13.6. The summed E-state index contributed by atoms with van der Waals surface area (Å²) in [5.74, 6) is 0.769. The molecule has 1 saturated heterocycles. The summed E-state index contributed by atoms with van der Waals surface area (Å²) in [5, 5.41) is 18.5. The van der Waals surface area contributed by atoms with E-state index in [-0.39, 0.29) is 23.0 Å². The number of carbonyl (C=O) groups excluding carboxylic acids is 2. The second-order valence-electron chi connectivity index (χ2n) is 10.6. The van der Waals surface area contributed by atoms with Crippen LogP contribution in [0.1, 0.15) is 61.0 Å². The van der Waals surface area contributed by atoms with E-state index in [0.717, 1.165) is 16.7 Å². The van der Waals surface area contributed by atoms with Gasteiger partial charge in [-0.25, -0.2) is 0 Å². The molecule has 0 aliphatic carbocycles. The molecule has 1 aliphatic rings. The predicted molar refractivity (Wildman–Crippen MR) is 150 cm³/mol. The number of carbonyl (C=O) groups is 2. The van der Waals surface area contributed by atoms with Crippen LogP contribution in [0, 0.1) is 0 Å². The summed E-state index contributed by atoms with van der Waals surface area (Å²) < 4.78 is 0. The molecule has 1 aliphatic heterocycles. The molecular formula is C30H37N5O3. The van der Waals surface area contributed by atoms with Crippen molar-refractivity contribution in [1.82, 2.24) is 20.0 Å². The zero-order chi connectivity index (χ0) is 27.4. The third-order valence-corrected chi connectivity index (χ3v) is 7.04. The van der Waals surface area contributed by atoms with Crippen molar-refractivity contribution in [3.05, 3.63) is 71.4 Å². The van der Waals surface area contributed by atoms with Gasteiger partial charge in [-0.1, -0.05) is 39.0 Å². The van der Waals surface area contributed by atoms with E-state index in [9.17, 15) is 14.7 Å². The molecule has 0 saturated carbocycles. The van der Waals surface area contributed by atoms with Gasteiger partial charge >= 0.3 is 0 Å². The number of phenols is 1. The largest absolute Gasteiger partial charge is 0.508 e. The molecule has 0 spiro atoms. The fourth-order valence-electron chi connectivity index (χ4n) is 4.64. The minimum Gasteiger partial charge on any atom is -0.508 e. The number of aromatic hydroxyl groups is 1. The van der Waals surface area contributed by atoms with Crippen LogP contribution in [0.2, 0.25) is 0 Å². The Morgan fingerprint density at radius 1 is 0.895 bits per heavy atom. The Morgan fingerprint density at radius 2 is 1.61 bits per heavy atom. The first-order chi connectivity index (χ1) is 18.1. The molecule has 1 fully saturated rings. The van der Waals surface area contributed by atoms with Crippen LogP contribution in [0.4, 0.5) is 5.82 Å². The summed E-state index contributed by atoms with van der Waals surface area (Å²) >= 11 is 0. The Hall–Kier alpha value is -3.94. The molecule has 1 aromatic heterocycles. The average Bonchev–Trinajstić information content (AvgIpc) is 2.92. The van der Waals surface area contributed by atoms with Gasteiger partial charge < -0.3 is 19.8 Å². The lowest BCUT2D eigenvalue weighted by Gasteiger charge is -2.35. The third kappa shape index (κ3) is 5.96. The van der Waals surface area contributed by atoms with Crippen molar-refractivity contribution in [1.29, 1.82) is 0 Å². The van der Waals surface area contributed by atoms with Gasteiger partial charge in [-0.05, 0) is 72.4 Å². The highest BCUT2D eigenvalue weighted by Gasteiger charge is 2.26. The van der Waals surface area contributed by atoms with Crippen LogP contribution in [0.3, 0.4) is 0 Å². The Balaban J connectivity index is 1.49. The van der Waals surface area contributed by atoms with Gasteiger partial charge in [0.25, 0.3) is 11.8 Å². The van der Waals surface area contributed by atoms with Gasteiger partial charge in [-0.2, -0.15) is 0 Å². The molecule has 4 rings (SSSR count). The van der Waals surface area contributed by atoms with Gasteiger partial charge in [0.15, 0.2) is 11.5 Å². The van der Waals surface area contributed by atoms with Gasteiger partial charge in [0.1, 0.15) is 5.75 Å². The van der Waals surface area contributed by atoms with Crippen LogP contribution < -0.4 is 4.90 Å². The van der Waals surface area contributed by atoms with Gasteiger partial charge in [-0.3, -0.25) is 9.59 Å². The fourth-order valence-corrected chi connectivity index (χ4v) is 4.64. The number of anilines is 1. The van der Waals surface area contributed by atoms with Crippen molar-refractivity contribution in [3.63, 3.8) is 0 Å². The normalized spacial score (nSPS) is 13.9. The molecule has 2 heterocycles. The standard InChI is InChI=1S/C30H37N5O3/c1-6-33(7-2)29(38)26-11-12-27(32-31-26)34-13-15-35(16-14-34)28(37)23-17-22(18-24(19-23)30(3,4)5)21-9-8-10-25(36)20-21/h8-12,17-20,36H,6-7,13-16H2,1-5H3. The second-order valence-corrected chi connectivity index (χ2v) is 10.6. The lowest BCUT2D eigenvalue weighted by atomic mass is 9.84. The van der Waals surface area contributed by atoms with E-state index in [1.54, 1.807) is 23.1 Å². The molecule has 0 radical (unpaired) electrons. The zero-order valence-corrected chi connectivity index (χ0v) is 22.9. The van der Waals surface area contributed by atoms with Crippen molar-refractivity contribution < 1.29 is 14.7 Å². The molecule has 8 heteroatoms. The maximum atomic E-state index is 13.6. The quantitative estimate of drug-likeness (QED) is 0.517. The van der Waals surface area contributed by atoms with Gasteiger partial charge in [-0.15, -0.1) is 10.2 Å². The van der Waals surface area contributed by atoms with Crippen molar-refractivity contribution >= 4 is 17.6 Å². The van der Waals surface area contributed by atoms with Crippen molar-refractivity contribution in [2.45, 2.75) is 40.0 Å². The van der Waals surface area contributed by atoms with Crippen molar-refractivity contribution in [2.24, 2.45) is 0 Å². The molecule has 0 unspecified atom stereocenters. The number of hydrogen-bond donors (Lipinski definition) is 1. The molecule has 38 heavy (non-hydrogen) atoms. The Labute approximate surface area is 224 Å². The summed E-state index contributed by atoms with van der Waals surface area (Å²) in [6.45, 7) is 13.9. The van der Waals surface area contributed by atoms with Crippen LogP contribution in [0.15, 0.2) is 54.6 Å². The average molecular weight is 516 g/mol. The first kappa shape index (κ1) is 27.1. The molecule has 2 aromatic carbocycles. The van der Waals surface area contributed by atoms with Gasteiger partial charge in [0.05, 0.1) is 0 Å². The number of hydrogen-bond acceptors (Lipinski definition) is 6. The lowest BCUT2D eigenvalue weighted by Crippen LogP contribution is -2.49. The number of amides is 2. The van der Waals surface area contributed by atoms with Crippen LogP contribution in [-0.2, 0) is 5.41 Å². The molecule has 8 nitrogen and oxygen atoms in total. The van der Waals surface area contributed by atoms with E-state index < -0.39 is 0 Å². The number of benzene rings is 2. The molecule has 1 N–H and O–H groups in total. The van der Waals surface area contributed by atoms with Crippen molar-refractivity contribution in [3.8, 4) is 16.9 Å². The SMILES string of the molecule is CCN(CC)C(=O)c1ccc(N2CCN(C(=O)c3cc(-c4cccc(O)c4)cc(C(C)(C)C)c3)CC2)nn1. The number of piperazine rings is 1. The highest BCUT2D eigenvalue weighted by Crippen LogP contribution is 2.31. The van der Waals surface area contributed by atoms with E-state index in [1.807, 2.05) is 49.1 Å². The maximum Gasteiger partial charge on any atom is 0.274 e. The Morgan fingerprint density at radius 3 is 2.18 bits per heavy atom. The van der Waals surface area contributed by atoms with Gasteiger partial charge in [0, 0.05) is 44.8 Å². The first-order valence-corrected chi connectivity index (χ1v) is 13.2. The molecule has 0 atom stereocenters. The Kier molecular flexibility index (Phi) is 7.99. The van der Waals surface area contributed by atoms with Crippen LogP contribution >= 0.6 is 0 Å². The van der Waals surface area contributed by atoms with Gasteiger partial charge in [0.2, 0.25) is 0 Å². The summed E-state index contributed by atoms with van der Waals surface area (Å²) in [7, 11) is 0. The summed E-state index contributed by atoms with van der Waals surface area (Å²) in [5.41, 5.74) is 3.69. The highest BCUT2D eigenvalue weighted by atomic mass is 16.3. The lowest BCUT2D eigenvalue weighted by molar-refractivity contribution is 0.0742. The minimum absolute atomic E-state index is 0.0107. The zero-order valence-electron chi connectivity index (χ0n) is 22.9. The highest BCUT2D eigenvalue weighted by molar-refractivity contribution is 5.96. The van der Waals surface area contributed by atoms with E-state index in [4.69, 9.17) is 0 Å². The molecule has 200 valence electrons. The van der Waals surface area contributed by atoms with Crippen molar-refractivity contribution in [2.75, 3.05) is 44.2 Å². The van der Waals surface area contributed by atoms with Crippen LogP contribution in [-0.4, -0.2) is 76.2 Å². The predicted octanol–water partition coefficient (Wildman–Crippen LogP) is 4.59. The van der Waals surface area contributed by atoms with E-state index >= 15 is 0 Å². The fraction of sp³-hybridized carbons (Fsp3) is 0.400. The topological polar surface area (TPSA) is 89.9 Å². The van der Waals surface area contributed by atoms with E-state index in [0.29, 0.717) is 56.3 Å². The monoisotopic (exact) mass is 515 g/mol. The molecule has 2 amide bonds. The smallest absolute Gasteiger partial charge is 0.274 e. The minimum atomic E-state index is -0.141. The second kappa shape index (κ2) is 11.2. The summed E-state index contributed by atoms with van der Waals surface area (Å²) in [6, 6.07) is 16.7. The summed E-state index contributed by atoms with van der Waals surface area (Å²) in [6.07, 6.45) is 0. The number of aromatic nitrogens is 2. The first-order valence-electron chi connectivity index (χ1n) is 13.2. The number of rotatable bonds is 6. The number of phenolic OH excluding ortho intramolecular Hbond substituents is 1. The third-order valence-electron chi connectivity index (χ3n) is 7.04. The summed E-state index contributed by atoms with van der Waals surface area (Å²) in [4.78, 5) is 31.8. The molecular weight excluding hydrogens is 478 g/mol. The van der Waals surface area contributed by atoms with E-state index in [2.05, 4.69) is 41.9 Å². The number of nitrogens with zero attached hydrogens (tertiary/aromatic N) is 5. The van der Waals surface area contributed by atoms with E-state index in [1.165, 1.54) is 0 Å². The van der Waals surface area contributed by atoms with Crippen LogP contribution in [0.5, 0.6) is 5.75 Å². The molecule has 3 aromatic rings. The van der Waals surface area contributed by atoms with Crippen LogP contribution in [0.25, 0.3) is 11.1 Å². The Bertz CT molecular complexity index is 1290. The molecule has 0 bridgehead atoms.